The molecule has 0 aliphatic carbocycles. The van der Waals surface area contributed by atoms with Gasteiger partial charge in [0.1, 0.15) is 0 Å². The summed E-state index contributed by atoms with van der Waals surface area (Å²) in [6, 6.07) is -0.0454. The van der Waals surface area contributed by atoms with Gasteiger partial charge < -0.3 is 16.0 Å². The molecule has 4 nitrogen and oxygen atoms in total. The number of nitrogens with two attached hydrogens (primary N) is 1. The van der Waals surface area contributed by atoms with Gasteiger partial charge in [-0.25, -0.2) is 0 Å². The van der Waals surface area contributed by atoms with Crippen LogP contribution in [-0.4, -0.2) is 43.0 Å². The van der Waals surface area contributed by atoms with Crippen LogP contribution in [0.3, 0.4) is 0 Å². The van der Waals surface area contributed by atoms with Crippen LogP contribution < -0.4 is 11.1 Å². The third kappa shape index (κ3) is 9.50. The van der Waals surface area contributed by atoms with Crippen LogP contribution in [0.15, 0.2) is 0 Å². The van der Waals surface area contributed by atoms with E-state index in [-0.39, 0.29) is 36.8 Å². The van der Waals surface area contributed by atoms with Crippen LogP contribution in [0.5, 0.6) is 0 Å². The van der Waals surface area contributed by atoms with Gasteiger partial charge >= 0.3 is 0 Å². The monoisotopic (exact) mass is 313 g/mol. The van der Waals surface area contributed by atoms with Crippen LogP contribution in [-0.2, 0) is 4.79 Å². The predicted molar refractivity (Wildman–Crippen MR) is 85.2 cm³/mol. The van der Waals surface area contributed by atoms with Crippen LogP contribution in [0.2, 0.25) is 0 Å². The maximum atomic E-state index is 11.5. The molecular weight excluding hydrogens is 285 g/mol. The second-order valence-corrected chi connectivity index (χ2v) is 5.79. The van der Waals surface area contributed by atoms with E-state index in [9.17, 15) is 4.79 Å². The van der Waals surface area contributed by atoms with Crippen LogP contribution in [0.25, 0.3) is 0 Å². The SMILES string of the molecule is CC(C)CN1CCC(CNC(=O)CC(C)N)C1.Cl.Cl. The number of nitrogens with zero attached hydrogens (tertiary/aromatic N) is 1. The van der Waals surface area contributed by atoms with Crippen LogP contribution in [0.1, 0.15) is 33.6 Å². The molecule has 19 heavy (non-hydrogen) atoms. The molecule has 1 rings (SSSR count). The van der Waals surface area contributed by atoms with Gasteiger partial charge in [0, 0.05) is 32.1 Å². The minimum atomic E-state index is -0.0454. The Morgan fingerprint density at radius 2 is 2.00 bits per heavy atom. The lowest BCUT2D eigenvalue weighted by atomic mass is 10.1. The summed E-state index contributed by atoms with van der Waals surface area (Å²) in [4.78, 5) is 14.0. The van der Waals surface area contributed by atoms with Gasteiger partial charge in [0.15, 0.2) is 0 Å². The average Bonchev–Trinajstić information content (AvgIpc) is 2.60. The minimum absolute atomic E-state index is 0. The molecule has 1 saturated heterocycles. The molecule has 1 aliphatic rings. The van der Waals surface area contributed by atoms with E-state index in [4.69, 9.17) is 5.73 Å². The Bertz CT molecular complexity index is 250. The van der Waals surface area contributed by atoms with Crippen molar-refractivity contribution in [3.8, 4) is 0 Å². The normalized spacial score (nSPS) is 20.6. The van der Waals surface area contributed by atoms with Crippen molar-refractivity contribution in [3.63, 3.8) is 0 Å². The molecule has 0 spiro atoms. The first-order valence-electron chi connectivity index (χ1n) is 6.72. The quantitative estimate of drug-likeness (QED) is 0.784. The van der Waals surface area contributed by atoms with E-state index in [1.807, 2.05) is 6.92 Å². The predicted octanol–water partition coefficient (Wildman–Crippen LogP) is 1.66. The van der Waals surface area contributed by atoms with E-state index in [2.05, 4.69) is 24.1 Å². The topological polar surface area (TPSA) is 58.4 Å². The first-order valence-corrected chi connectivity index (χ1v) is 6.72. The smallest absolute Gasteiger partial charge is 0.221 e. The largest absolute Gasteiger partial charge is 0.356 e. The number of rotatable bonds is 6. The third-order valence-corrected chi connectivity index (χ3v) is 3.09. The fourth-order valence-corrected chi connectivity index (χ4v) is 2.38. The van der Waals surface area contributed by atoms with Gasteiger partial charge in [-0.15, -0.1) is 24.8 Å². The van der Waals surface area contributed by atoms with Gasteiger partial charge in [-0.3, -0.25) is 4.79 Å². The van der Waals surface area contributed by atoms with E-state index in [0.29, 0.717) is 12.3 Å². The molecular formula is C13H29Cl2N3O. The van der Waals surface area contributed by atoms with E-state index in [1.54, 1.807) is 0 Å². The molecule has 1 amide bonds. The van der Waals surface area contributed by atoms with E-state index < -0.39 is 0 Å². The summed E-state index contributed by atoms with van der Waals surface area (Å²) in [6.45, 7) is 10.6. The zero-order valence-electron chi connectivity index (χ0n) is 12.2. The molecule has 2 unspecified atom stereocenters. The van der Waals surface area contributed by atoms with Crippen LogP contribution in [0.4, 0.5) is 0 Å². The molecule has 2 atom stereocenters. The number of amides is 1. The van der Waals surface area contributed by atoms with Crippen molar-refractivity contribution in [2.24, 2.45) is 17.6 Å². The molecule has 1 aliphatic heterocycles. The second kappa shape index (κ2) is 10.7. The lowest BCUT2D eigenvalue weighted by molar-refractivity contribution is -0.121. The van der Waals surface area contributed by atoms with Gasteiger partial charge in [-0.2, -0.15) is 0 Å². The van der Waals surface area contributed by atoms with Crippen molar-refractivity contribution in [2.45, 2.75) is 39.7 Å². The zero-order valence-corrected chi connectivity index (χ0v) is 13.9. The molecule has 0 bridgehead atoms. The molecule has 0 saturated carbocycles. The summed E-state index contributed by atoms with van der Waals surface area (Å²) in [6.07, 6.45) is 1.63. The summed E-state index contributed by atoms with van der Waals surface area (Å²) in [5.74, 6) is 1.43. The summed E-state index contributed by atoms with van der Waals surface area (Å²) >= 11 is 0. The van der Waals surface area contributed by atoms with Crippen molar-refractivity contribution >= 4 is 30.7 Å². The Kier molecular flexibility index (Phi) is 12.0. The number of halogens is 2. The van der Waals surface area contributed by atoms with Gasteiger partial charge in [0.25, 0.3) is 0 Å². The highest BCUT2D eigenvalue weighted by atomic mass is 35.5. The number of carbonyl (C=O) groups is 1. The number of hydrogen-bond acceptors (Lipinski definition) is 3. The molecule has 1 fully saturated rings. The molecule has 0 radical (unpaired) electrons. The van der Waals surface area contributed by atoms with Crippen molar-refractivity contribution in [2.75, 3.05) is 26.2 Å². The summed E-state index contributed by atoms with van der Waals surface area (Å²) in [5.41, 5.74) is 5.58. The fourth-order valence-electron chi connectivity index (χ4n) is 2.38. The highest BCUT2D eigenvalue weighted by Gasteiger charge is 2.23. The van der Waals surface area contributed by atoms with Gasteiger partial charge in [-0.1, -0.05) is 13.8 Å². The standard InChI is InChI=1S/C13H27N3O.2ClH/c1-10(2)8-16-5-4-12(9-16)7-15-13(17)6-11(3)14;;/h10-12H,4-9,14H2,1-3H3,(H,15,17);2*1H. The second-order valence-electron chi connectivity index (χ2n) is 5.79. The number of hydrogen-bond donors (Lipinski definition) is 2. The molecule has 0 aromatic heterocycles. The lowest BCUT2D eigenvalue weighted by Crippen LogP contribution is -2.34. The maximum absolute atomic E-state index is 11.5. The molecule has 1 heterocycles. The lowest BCUT2D eigenvalue weighted by Gasteiger charge is -2.18. The van der Waals surface area contributed by atoms with Gasteiger partial charge in [0.05, 0.1) is 0 Å². The van der Waals surface area contributed by atoms with E-state index >= 15 is 0 Å². The fraction of sp³-hybridized carbons (Fsp3) is 0.923. The van der Waals surface area contributed by atoms with Crippen molar-refractivity contribution in [1.29, 1.82) is 0 Å². The van der Waals surface area contributed by atoms with Crippen molar-refractivity contribution in [1.82, 2.24) is 10.2 Å². The van der Waals surface area contributed by atoms with Gasteiger partial charge in [0.2, 0.25) is 5.91 Å². The first kappa shape index (κ1) is 21.3. The number of carbonyl (C=O) groups excluding carboxylic acids is 1. The molecule has 0 aromatic rings. The van der Waals surface area contributed by atoms with Crippen molar-refractivity contribution < 1.29 is 4.79 Å². The summed E-state index contributed by atoms with van der Waals surface area (Å²) < 4.78 is 0. The summed E-state index contributed by atoms with van der Waals surface area (Å²) in [7, 11) is 0. The van der Waals surface area contributed by atoms with Crippen LogP contribution >= 0.6 is 24.8 Å². The maximum Gasteiger partial charge on any atom is 0.221 e. The van der Waals surface area contributed by atoms with Crippen molar-refractivity contribution in [3.05, 3.63) is 0 Å². The molecule has 6 heteroatoms. The molecule has 0 aromatic carbocycles. The Balaban J connectivity index is 0. The van der Waals surface area contributed by atoms with E-state index in [0.717, 1.165) is 19.0 Å². The number of nitrogens with one attached hydrogen (secondary N) is 1. The average molecular weight is 314 g/mol. The Hall–Kier alpha value is -0.0300. The zero-order chi connectivity index (χ0) is 12.8. The highest BCUT2D eigenvalue weighted by molar-refractivity contribution is 5.85. The van der Waals surface area contributed by atoms with E-state index in [1.165, 1.54) is 19.5 Å². The third-order valence-electron chi connectivity index (χ3n) is 3.09. The molecule has 3 N–H and O–H groups in total. The Morgan fingerprint density at radius 3 is 2.53 bits per heavy atom. The number of likely N-dealkylation sites (tertiary alicyclic amines) is 1. The highest BCUT2D eigenvalue weighted by Crippen LogP contribution is 2.16. The Labute approximate surface area is 129 Å². The minimum Gasteiger partial charge on any atom is -0.356 e. The van der Waals surface area contributed by atoms with Crippen LogP contribution in [0, 0.1) is 11.8 Å². The Morgan fingerprint density at radius 1 is 1.37 bits per heavy atom. The molecule has 116 valence electrons. The first-order chi connectivity index (χ1) is 7.97. The summed E-state index contributed by atoms with van der Waals surface area (Å²) in [5, 5.41) is 2.98. The van der Waals surface area contributed by atoms with Gasteiger partial charge in [-0.05, 0) is 31.7 Å².